The molecular formula is C61H44IrN5. The number of aryl methyl sites for hydroxylation is 7. The normalized spacial score (nSPS) is 16.8. The van der Waals surface area contributed by atoms with Crippen LogP contribution in [0, 0.1) is 38.8 Å². The fraction of sp³-hybridized carbons (Fsp3) is 0.115. The van der Waals surface area contributed by atoms with Crippen LogP contribution in [-0.2, 0) is 45.6 Å². The second-order valence-electron chi connectivity index (χ2n) is 15.9. The second kappa shape index (κ2) is 17.5. The third-order valence-electron chi connectivity index (χ3n) is 11.8. The number of fused-ring (bicyclic) bond motifs is 6. The Morgan fingerprint density at radius 1 is 0.537 bits per heavy atom. The number of rotatable bonds is 10. The van der Waals surface area contributed by atoms with E-state index in [2.05, 4.69) is 28.2 Å². The topological polar surface area (TPSA) is 56.0 Å². The van der Waals surface area contributed by atoms with E-state index in [1.807, 2.05) is 30.3 Å². The first kappa shape index (κ1) is 27.3. The van der Waals surface area contributed by atoms with Gasteiger partial charge in [-0.15, -0.1) is 94.4 Å². The van der Waals surface area contributed by atoms with Gasteiger partial charge in [0, 0.05) is 47.3 Å². The van der Waals surface area contributed by atoms with E-state index >= 15 is 0 Å². The standard InChI is InChI=1S/C61H44N5.Ir/c1-38-12-28-55(63-36-38)45-22-18-41(19-23-45)14-16-43-32-44(17-15-42-20-24-46(25-21-42)56-29-13-39(2)37-64-56)34-48(33-43)50-9-5-4-8-49(50)47-26-27-54-57(35-47)66-40(3)65-60-53-11-7-6-10-51(53)52-30-31-62-59(54)58(52)61(60)66;/h4-13,18-22,24,26,28-37H,14-17H2,1-3H3;/q-3;+3/i1D3,2D3,3D3,14D2,15D2,16D2,17D2;. The molecule has 0 radical (unpaired) electrons. The summed E-state index contributed by atoms with van der Waals surface area (Å²) < 4.78 is 151. The summed E-state index contributed by atoms with van der Waals surface area (Å²) in [5, 5.41) is 3.72. The molecule has 0 unspecified atom stereocenters. The largest absolute Gasteiger partial charge is 3.00 e. The summed E-state index contributed by atoms with van der Waals surface area (Å²) in [6.07, 6.45) is -7.56. The molecule has 12 rings (SSSR count). The van der Waals surface area contributed by atoms with Crippen molar-refractivity contribution in [2.75, 3.05) is 0 Å². The fourth-order valence-corrected chi connectivity index (χ4v) is 8.75. The molecule has 0 aliphatic heterocycles. The molecule has 0 bridgehead atoms. The molecule has 0 saturated heterocycles. The Morgan fingerprint density at radius 2 is 1.16 bits per heavy atom. The van der Waals surface area contributed by atoms with Gasteiger partial charge in [0.05, 0.1) is 11.0 Å². The average Bonchev–Trinajstić information content (AvgIpc) is 1.95. The van der Waals surface area contributed by atoms with Crippen LogP contribution >= 0.6 is 0 Å². The molecule has 5 heterocycles. The van der Waals surface area contributed by atoms with Crippen LogP contribution < -0.4 is 0 Å². The Kier molecular flexibility index (Phi) is 7.11. The van der Waals surface area contributed by atoms with Gasteiger partial charge in [-0.25, -0.2) is 4.98 Å². The first-order chi connectivity index (χ1) is 39.1. The molecule has 0 aliphatic carbocycles. The van der Waals surface area contributed by atoms with Crippen LogP contribution in [0.2, 0.25) is 0 Å². The van der Waals surface area contributed by atoms with E-state index in [1.54, 1.807) is 47.0 Å². The summed E-state index contributed by atoms with van der Waals surface area (Å²) in [7, 11) is 0. The van der Waals surface area contributed by atoms with E-state index in [-0.39, 0.29) is 64.9 Å². The molecule has 5 nitrogen and oxygen atoms in total. The second-order valence-corrected chi connectivity index (χ2v) is 15.9. The maximum Gasteiger partial charge on any atom is 3.00 e. The van der Waals surface area contributed by atoms with Gasteiger partial charge in [-0.2, -0.15) is 0 Å². The summed E-state index contributed by atoms with van der Waals surface area (Å²) in [5.74, 6) is -0.174. The molecule has 0 spiro atoms. The van der Waals surface area contributed by atoms with Gasteiger partial charge in [0.25, 0.3) is 0 Å². The van der Waals surface area contributed by atoms with Crippen molar-refractivity contribution in [2.24, 2.45) is 0 Å². The number of pyridine rings is 4. The maximum atomic E-state index is 9.72. The first-order valence-corrected chi connectivity index (χ1v) is 21.1. The van der Waals surface area contributed by atoms with Crippen molar-refractivity contribution in [1.82, 2.24) is 24.3 Å². The van der Waals surface area contributed by atoms with Crippen LogP contribution in [0.25, 0.3) is 93.8 Å². The van der Waals surface area contributed by atoms with Crippen molar-refractivity contribution in [2.45, 2.75) is 46.0 Å². The van der Waals surface area contributed by atoms with Gasteiger partial charge in [0.1, 0.15) is 5.82 Å². The molecule has 67 heavy (non-hydrogen) atoms. The van der Waals surface area contributed by atoms with Crippen LogP contribution in [0.3, 0.4) is 0 Å². The van der Waals surface area contributed by atoms with Crippen molar-refractivity contribution in [3.8, 4) is 44.8 Å². The molecule has 5 aromatic heterocycles. The summed E-state index contributed by atoms with van der Waals surface area (Å²) in [6, 6.07) is 47.4. The van der Waals surface area contributed by atoms with E-state index in [9.17, 15) is 11.0 Å². The zero-order valence-electron chi connectivity index (χ0n) is 52.2. The number of hydrogen-bond acceptors (Lipinski definition) is 4. The van der Waals surface area contributed by atoms with Crippen molar-refractivity contribution >= 4 is 49.0 Å². The van der Waals surface area contributed by atoms with Gasteiger partial charge < -0.3 is 19.4 Å². The maximum absolute atomic E-state index is 9.72. The molecule has 12 aromatic rings. The zero-order chi connectivity index (χ0) is 59.0. The summed E-state index contributed by atoms with van der Waals surface area (Å²) in [4.78, 5) is 18.2. The summed E-state index contributed by atoms with van der Waals surface area (Å²) in [6.45, 7) is -7.45. The molecule has 0 fully saturated rings. The van der Waals surface area contributed by atoms with Crippen molar-refractivity contribution in [3.05, 3.63) is 222 Å². The van der Waals surface area contributed by atoms with Gasteiger partial charge in [-0.3, -0.25) is 0 Å². The third kappa shape index (κ3) is 7.76. The van der Waals surface area contributed by atoms with E-state index in [0.717, 1.165) is 27.6 Å². The van der Waals surface area contributed by atoms with E-state index in [4.69, 9.17) is 22.3 Å². The Bertz CT molecular complexity index is 4360. The molecule has 6 heteroatoms. The van der Waals surface area contributed by atoms with Crippen LogP contribution in [0.4, 0.5) is 0 Å². The third-order valence-corrected chi connectivity index (χ3v) is 11.8. The Labute approximate surface area is 427 Å². The summed E-state index contributed by atoms with van der Waals surface area (Å²) in [5.41, 5.74) is 4.15. The van der Waals surface area contributed by atoms with Crippen LogP contribution in [-0.4, -0.2) is 24.3 Å². The Morgan fingerprint density at radius 3 is 1.76 bits per heavy atom. The van der Waals surface area contributed by atoms with Crippen LogP contribution in [0.1, 0.15) is 62.5 Å². The number of aromatic nitrogens is 5. The van der Waals surface area contributed by atoms with Gasteiger partial charge in [-0.05, 0) is 111 Å². The van der Waals surface area contributed by atoms with Crippen molar-refractivity contribution in [3.63, 3.8) is 0 Å². The minimum absolute atomic E-state index is 0. The summed E-state index contributed by atoms with van der Waals surface area (Å²) >= 11 is 0. The minimum Gasteiger partial charge on any atom is -0.339 e. The molecular weight excluding hydrogens is 995 g/mol. The van der Waals surface area contributed by atoms with Gasteiger partial charge in [0.2, 0.25) is 0 Å². The van der Waals surface area contributed by atoms with E-state index in [0.29, 0.717) is 66.7 Å². The molecule has 7 aromatic carbocycles. The quantitative estimate of drug-likeness (QED) is 0.0778. The number of nitrogens with zero attached hydrogens (tertiary/aromatic N) is 5. The predicted molar refractivity (Wildman–Crippen MR) is 270 cm³/mol. The monoisotopic (exact) mass is 1060 g/mol. The van der Waals surface area contributed by atoms with Crippen molar-refractivity contribution < 1.29 is 43.4 Å². The molecule has 0 aliphatic rings. The van der Waals surface area contributed by atoms with Gasteiger partial charge in [0.15, 0.2) is 0 Å². The van der Waals surface area contributed by atoms with Crippen molar-refractivity contribution in [1.29, 1.82) is 0 Å². The van der Waals surface area contributed by atoms with Crippen LogP contribution in [0.15, 0.2) is 164 Å². The van der Waals surface area contributed by atoms with E-state index in [1.165, 1.54) is 85.2 Å². The average molecular weight is 1060 g/mol. The molecule has 0 amide bonds. The Hall–Kier alpha value is -7.37. The molecule has 0 atom stereocenters. The first-order valence-electron chi connectivity index (χ1n) is 29.6. The number of hydrogen-bond donors (Lipinski definition) is 0. The zero-order valence-corrected chi connectivity index (χ0v) is 37.6. The minimum atomic E-state index is -2.98. The Balaban J connectivity index is 0.00000736. The molecule has 322 valence electrons. The fourth-order valence-electron chi connectivity index (χ4n) is 8.75. The van der Waals surface area contributed by atoms with Gasteiger partial charge >= 0.3 is 20.1 Å². The smallest absolute Gasteiger partial charge is 0.339 e. The SMILES string of the molecule is [2H]C([2H])([2H])c1ccc(-c2[c-]cc(C([2H])([2H])C([2H])([2H])c3cc(-c4ccccc4-c4c[c-]c5c6nccc7c8ccccc8c8nc(C([2H])([2H])[2H])n(c5c4)c8c76)cc(C([2H])([2H])C([2H])([2H])c4c[c-]c(-c5ccc(C([2H])([2H])[2H])cn5)cc4)c3)cc2)nc1.[Ir+3]. The van der Waals surface area contributed by atoms with Crippen LogP contribution in [0.5, 0.6) is 0 Å². The molecule has 0 N–H and O–H groups in total. The number of benzene rings is 7. The number of imidazole rings is 1. The van der Waals surface area contributed by atoms with E-state index < -0.39 is 46.0 Å². The predicted octanol–water partition coefficient (Wildman–Crippen LogP) is 14.1. The molecule has 0 saturated carbocycles. The van der Waals surface area contributed by atoms with Gasteiger partial charge in [-0.1, -0.05) is 115 Å².